The van der Waals surface area contributed by atoms with Crippen LogP contribution in [-0.4, -0.2) is 36.6 Å². The average Bonchev–Trinajstić information content (AvgIpc) is 2.70. The van der Waals surface area contributed by atoms with Crippen LogP contribution < -0.4 is 10.1 Å². The van der Waals surface area contributed by atoms with Crippen molar-refractivity contribution >= 4 is 18.3 Å². The Hall–Kier alpha value is -3.35. The molecule has 30 heavy (non-hydrogen) atoms. The van der Waals surface area contributed by atoms with Crippen LogP contribution in [0, 0.1) is 0 Å². The lowest BCUT2D eigenvalue weighted by atomic mass is 10.1. The van der Waals surface area contributed by atoms with Crippen LogP contribution in [0.25, 0.3) is 0 Å². The van der Waals surface area contributed by atoms with Gasteiger partial charge >= 0.3 is 12.1 Å². The van der Waals surface area contributed by atoms with E-state index in [1.54, 1.807) is 45.0 Å². The standard InChI is InChI=1S/C23H27NO6/c1-23(2,3)30-22(27)24-19(14-25)13-17-9-11-20(12-10-17)28-16-21(26)29-15-18-7-5-4-6-8-18/h4-12,14,19H,13,15-16H2,1-3H3,(H,24,27). The molecule has 0 saturated heterocycles. The number of nitrogens with one attached hydrogen (secondary N) is 1. The van der Waals surface area contributed by atoms with Gasteiger partial charge in [0, 0.05) is 0 Å². The normalized spacial score (nSPS) is 11.8. The van der Waals surface area contributed by atoms with Crippen LogP contribution >= 0.6 is 0 Å². The van der Waals surface area contributed by atoms with Gasteiger partial charge in [-0.1, -0.05) is 42.5 Å². The number of carbonyl (C=O) groups excluding carboxylic acids is 3. The highest BCUT2D eigenvalue weighted by atomic mass is 16.6. The fraction of sp³-hybridized carbons (Fsp3) is 0.348. The molecule has 2 aromatic rings. The highest BCUT2D eigenvalue weighted by Crippen LogP contribution is 2.14. The Labute approximate surface area is 176 Å². The molecule has 7 nitrogen and oxygen atoms in total. The summed E-state index contributed by atoms with van der Waals surface area (Å²) in [5.41, 5.74) is 1.08. The minimum absolute atomic E-state index is 0.194. The lowest BCUT2D eigenvalue weighted by Crippen LogP contribution is -2.41. The molecular formula is C23H27NO6. The highest BCUT2D eigenvalue weighted by molar-refractivity contribution is 5.73. The predicted molar refractivity (Wildman–Crippen MR) is 111 cm³/mol. The largest absolute Gasteiger partial charge is 0.482 e. The van der Waals surface area contributed by atoms with E-state index in [2.05, 4.69) is 5.32 Å². The van der Waals surface area contributed by atoms with Crippen LogP contribution in [0.2, 0.25) is 0 Å². The summed E-state index contributed by atoms with van der Waals surface area (Å²) in [6, 6.07) is 15.6. The van der Waals surface area contributed by atoms with E-state index in [1.807, 2.05) is 30.3 Å². The molecule has 2 rings (SSSR count). The number of hydrogen-bond acceptors (Lipinski definition) is 6. The third-order valence-electron chi connectivity index (χ3n) is 3.84. The average molecular weight is 413 g/mol. The fourth-order valence-corrected chi connectivity index (χ4v) is 2.49. The molecule has 160 valence electrons. The van der Waals surface area contributed by atoms with Crippen molar-refractivity contribution in [3.8, 4) is 5.75 Å². The molecule has 0 fully saturated rings. The second-order valence-electron chi connectivity index (χ2n) is 7.67. The van der Waals surface area contributed by atoms with E-state index >= 15 is 0 Å². The summed E-state index contributed by atoms with van der Waals surface area (Å²) in [5, 5.41) is 2.53. The zero-order chi connectivity index (χ0) is 22.0. The summed E-state index contributed by atoms with van der Waals surface area (Å²) in [7, 11) is 0. The van der Waals surface area contributed by atoms with Crippen LogP contribution in [0.5, 0.6) is 5.75 Å². The van der Waals surface area contributed by atoms with Crippen molar-refractivity contribution < 1.29 is 28.6 Å². The molecule has 0 aliphatic rings. The van der Waals surface area contributed by atoms with Gasteiger partial charge in [0.2, 0.25) is 0 Å². The van der Waals surface area contributed by atoms with Crippen molar-refractivity contribution in [2.75, 3.05) is 6.61 Å². The molecule has 0 aliphatic heterocycles. The van der Waals surface area contributed by atoms with Crippen molar-refractivity contribution in [2.24, 2.45) is 0 Å². The Morgan fingerprint density at radius 2 is 1.67 bits per heavy atom. The Morgan fingerprint density at radius 1 is 1.00 bits per heavy atom. The fourth-order valence-electron chi connectivity index (χ4n) is 2.49. The first-order valence-electron chi connectivity index (χ1n) is 9.61. The van der Waals surface area contributed by atoms with E-state index in [4.69, 9.17) is 14.2 Å². The zero-order valence-electron chi connectivity index (χ0n) is 17.4. The highest BCUT2D eigenvalue weighted by Gasteiger charge is 2.19. The van der Waals surface area contributed by atoms with Gasteiger partial charge in [-0.15, -0.1) is 0 Å². The third kappa shape index (κ3) is 8.77. The van der Waals surface area contributed by atoms with E-state index in [0.717, 1.165) is 11.1 Å². The molecule has 0 bridgehead atoms. The van der Waals surface area contributed by atoms with Gasteiger partial charge in [-0.25, -0.2) is 9.59 Å². The number of aldehydes is 1. The molecular weight excluding hydrogens is 386 g/mol. The molecule has 1 unspecified atom stereocenters. The molecule has 0 saturated carbocycles. The topological polar surface area (TPSA) is 90.9 Å². The maximum atomic E-state index is 11.8. The van der Waals surface area contributed by atoms with Crippen LogP contribution in [-0.2, 0) is 32.1 Å². The molecule has 1 N–H and O–H groups in total. The Bertz CT molecular complexity index is 827. The van der Waals surface area contributed by atoms with Gasteiger partial charge in [-0.2, -0.15) is 0 Å². The molecule has 1 amide bonds. The lowest BCUT2D eigenvalue weighted by molar-refractivity contribution is -0.147. The van der Waals surface area contributed by atoms with Crippen molar-refractivity contribution in [3.05, 3.63) is 65.7 Å². The lowest BCUT2D eigenvalue weighted by Gasteiger charge is -2.21. The van der Waals surface area contributed by atoms with Gasteiger partial charge < -0.3 is 24.3 Å². The summed E-state index contributed by atoms with van der Waals surface area (Å²) in [6.45, 7) is 5.24. The molecule has 1 atom stereocenters. The number of alkyl carbamates (subject to hydrolysis) is 1. The Kier molecular flexibility index (Phi) is 8.41. The smallest absolute Gasteiger partial charge is 0.408 e. The van der Waals surface area contributed by atoms with Gasteiger partial charge in [0.1, 0.15) is 24.2 Å². The minimum Gasteiger partial charge on any atom is -0.482 e. The quantitative estimate of drug-likeness (QED) is 0.500. The van der Waals surface area contributed by atoms with E-state index in [1.165, 1.54) is 0 Å². The number of rotatable bonds is 9. The number of ether oxygens (including phenoxy) is 3. The van der Waals surface area contributed by atoms with Crippen molar-refractivity contribution in [2.45, 2.75) is 45.4 Å². The summed E-state index contributed by atoms with van der Waals surface area (Å²) in [5.74, 6) is 0.0312. The minimum atomic E-state index is -0.709. The summed E-state index contributed by atoms with van der Waals surface area (Å²) in [4.78, 5) is 34.9. The van der Waals surface area contributed by atoms with E-state index < -0.39 is 23.7 Å². The van der Waals surface area contributed by atoms with Gasteiger partial charge in [-0.3, -0.25) is 0 Å². The molecule has 7 heteroatoms. The van der Waals surface area contributed by atoms with Crippen LogP contribution in [0.4, 0.5) is 4.79 Å². The monoisotopic (exact) mass is 413 g/mol. The van der Waals surface area contributed by atoms with Crippen LogP contribution in [0.15, 0.2) is 54.6 Å². The maximum absolute atomic E-state index is 11.8. The first kappa shape index (κ1) is 22.9. The molecule has 0 radical (unpaired) electrons. The Morgan fingerprint density at radius 3 is 2.27 bits per heavy atom. The number of hydrogen-bond donors (Lipinski definition) is 1. The SMILES string of the molecule is CC(C)(C)OC(=O)NC(C=O)Cc1ccc(OCC(=O)OCc2ccccc2)cc1. The molecule has 0 spiro atoms. The first-order chi connectivity index (χ1) is 14.2. The number of amides is 1. The molecule has 0 heterocycles. The van der Waals surface area contributed by atoms with E-state index in [9.17, 15) is 14.4 Å². The van der Waals surface area contributed by atoms with E-state index in [0.29, 0.717) is 18.5 Å². The van der Waals surface area contributed by atoms with Crippen LogP contribution in [0.1, 0.15) is 31.9 Å². The van der Waals surface area contributed by atoms with Crippen molar-refractivity contribution in [1.29, 1.82) is 0 Å². The van der Waals surface area contributed by atoms with Gasteiger partial charge in [0.15, 0.2) is 6.61 Å². The summed E-state index contributed by atoms with van der Waals surface area (Å²) < 4.78 is 15.7. The van der Waals surface area contributed by atoms with Crippen molar-refractivity contribution in [1.82, 2.24) is 5.32 Å². The van der Waals surface area contributed by atoms with Gasteiger partial charge in [0.05, 0.1) is 6.04 Å². The molecule has 0 aliphatic carbocycles. The number of esters is 1. The number of benzene rings is 2. The third-order valence-corrected chi connectivity index (χ3v) is 3.84. The van der Waals surface area contributed by atoms with Crippen LogP contribution in [0.3, 0.4) is 0 Å². The zero-order valence-corrected chi connectivity index (χ0v) is 17.4. The Balaban J connectivity index is 1.77. The number of carbonyl (C=O) groups is 3. The maximum Gasteiger partial charge on any atom is 0.408 e. The summed E-state index contributed by atoms with van der Waals surface area (Å²) >= 11 is 0. The predicted octanol–water partition coefficient (Wildman–Crippen LogP) is 3.44. The van der Waals surface area contributed by atoms with Gasteiger partial charge in [0.25, 0.3) is 0 Å². The van der Waals surface area contributed by atoms with Crippen molar-refractivity contribution in [3.63, 3.8) is 0 Å². The second-order valence-corrected chi connectivity index (χ2v) is 7.67. The second kappa shape index (κ2) is 11.0. The summed E-state index contributed by atoms with van der Waals surface area (Å²) in [6.07, 6.45) is 0.327. The van der Waals surface area contributed by atoms with Gasteiger partial charge in [-0.05, 0) is 50.5 Å². The van der Waals surface area contributed by atoms with E-state index in [-0.39, 0.29) is 13.2 Å². The molecule has 0 aromatic heterocycles. The molecule has 2 aromatic carbocycles. The first-order valence-corrected chi connectivity index (χ1v) is 9.61.